The van der Waals surface area contributed by atoms with Gasteiger partial charge in [0.05, 0.1) is 24.1 Å². The van der Waals surface area contributed by atoms with Gasteiger partial charge in [-0.05, 0) is 48.9 Å². The summed E-state index contributed by atoms with van der Waals surface area (Å²) >= 11 is 0. The first-order chi connectivity index (χ1) is 12.2. The summed E-state index contributed by atoms with van der Waals surface area (Å²) in [5.41, 5.74) is 1.39. The summed E-state index contributed by atoms with van der Waals surface area (Å²) in [4.78, 5) is 27.7. The summed E-state index contributed by atoms with van der Waals surface area (Å²) in [5, 5.41) is 2.91. The Balaban J connectivity index is 1.38. The molecule has 2 heterocycles. The molecule has 1 aromatic heterocycles. The van der Waals surface area contributed by atoms with Gasteiger partial charge >= 0.3 is 0 Å². The number of para-hydroxylation sites is 1. The fourth-order valence-electron chi connectivity index (χ4n) is 4.12. The first-order valence-corrected chi connectivity index (χ1v) is 8.92. The highest BCUT2D eigenvalue weighted by Gasteiger charge is 2.69. The second kappa shape index (κ2) is 5.22. The summed E-state index contributed by atoms with van der Waals surface area (Å²) in [5.74, 6) is 1.11. The van der Waals surface area contributed by atoms with Crippen LogP contribution in [0.15, 0.2) is 47.1 Å². The van der Waals surface area contributed by atoms with Crippen molar-refractivity contribution in [1.29, 1.82) is 0 Å². The van der Waals surface area contributed by atoms with Crippen LogP contribution in [-0.4, -0.2) is 18.4 Å². The first-order valence-electron chi connectivity index (χ1n) is 8.92. The molecule has 2 aromatic rings. The molecule has 2 atom stereocenters. The third kappa shape index (κ3) is 2.22. The number of nitrogens with one attached hydrogen (secondary N) is 1. The van der Waals surface area contributed by atoms with Crippen LogP contribution in [0.5, 0.6) is 0 Å². The Hall–Kier alpha value is -2.56. The van der Waals surface area contributed by atoms with E-state index in [1.807, 2.05) is 35.2 Å². The van der Waals surface area contributed by atoms with Gasteiger partial charge in [-0.3, -0.25) is 9.59 Å². The maximum atomic E-state index is 13.2. The Morgan fingerprint density at radius 2 is 2.08 bits per heavy atom. The number of carbonyl (C=O) groups is 2. The number of furan rings is 1. The lowest BCUT2D eigenvalue weighted by Gasteiger charge is -2.17. The van der Waals surface area contributed by atoms with Crippen molar-refractivity contribution in [2.45, 2.75) is 31.2 Å². The minimum atomic E-state index is -0.640. The molecular formula is C20H20N2O3. The molecule has 3 aliphatic rings. The zero-order valence-corrected chi connectivity index (χ0v) is 13.9. The highest BCUT2D eigenvalue weighted by Crippen LogP contribution is 2.62. The van der Waals surface area contributed by atoms with Gasteiger partial charge in [0.1, 0.15) is 5.76 Å². The number of hydrogen-bond donors (Lipinski definition) is 1. The molecule has 1 spiro atoms. The van der Waals surface area contributed by atoms with E-state index in [2.05, 4.69) is 5.32 Å². The maximum Gasteiger partial charge on any atom is 0.238 e. The van der Waals surface area contributed by atoms with Gasteiger partial charge in [0, 0.05) is 12.2 Å². The number of nitrogens with zero attached hydrogens (tertiary/aromatic N) is 1. The molecule has 5 heteroatoms. The van der Waals surface area contributed by atoms with Crippen LogP contribution in [0.1, 0.15) is 30.6 Å². The lowest BCUT2D eigenvalue weighted by Crippen LogP contribution is -2.37. The van der Waals surface area contributed by atoms with E-state index in [0.717, 1.165) is 23.6 Å². The molecule has 2 amide bonds. The van der Waals surface area contributed by atoms with E-state index in [9.17, 15) is 9.59 Å². The lowest BCUT2D eigenvalue weighted by atomic mass is 9.94. The second-order valence-corrected chi connectivity index (χ2v) is 7.40. The molecule has 0 saturated heterocycles. The van der Waals surface area contributed by atoms with Crippen molar-refractivity contribution in [3.63, 3.8) is 0 Å². The number of rotatable bonds is 5. The third-order valence-electron chi connectivity index (χ3n) is 5.73. The van der Waals surface area contributed by atoms with Gasteiger partial charge in [0.25, 0.3) is 0 Å². The Kier molecular flexibility index (Phi) is 3.08. The van der Waals surface area contributed by atoms with Gasteiger partial charge < -0.3 is 14.6 Å². The zero-order valence-electron chi connectivity index (χ0n) is 13.9. The average Bonchev–Trinajstić information content (AvgIpc) is 3.52. The molecule has 1 N–H and O–H groups in total. The number of carbonyl (C=O) groups excluding carboxylic acids is 2. The normalized spacial score (nSPS) is 26.8. The van der Waals surface area contributed by atoms with Crippen molar-refractivity contribution >= 4 is 17.5 Å². The molecule has 0 unspecified atom stereocenters. The van der Waals surface area contributed by atoms with Crippen molar-refractivity contribution in [2.75, 3.05) is 11.4 Å². The number of anilines is 1. The summed E-state index contributed by atoms with van der Waals surface area (Å²) in [6, 6.07) is 11.6. The fourth-order valence-corrected chi connectivity index (χ4v) is 4.12. The molecule has 25 heavy (non-hydrogen) atoms. The minimum Gasteiger partial charge on any atom is -0.467 e. The van der Waals surface area contributed by atoms with Crippen molar-refractivity contribution in [3.05, 3.63) is 54.0 Å². The van der Waals surface area contributed by atoms with E-state index < -0.39 is 5.41 Å². The molecule has 5 nitrogen and oxygen atoms in total. The van der Waals surface area contributed by atoms with Gasteiger partial charge in [-0.1, -0.05) is 18.2 Å². The third-order valence-corrected chi connectivity index (χ3v) is 5.73. The molecular weight excluding hydrogens is 316 g/mol. The molecule has 0 bridgehead atoms. The van der Waals surface area contributed by atoms with Crippen molar-refractivity contribution < 1.29 is 14.0 Å². The van der Waals surface area contributed by atoms with Crippen LogP contribution in [0.25, 0.3) is 0 Å². The predicted octanol–water partition coefficient (Wildman–Crippen LogP) is 2.61. The highest BCUT2D eigenvalue weighted by atomic mass is 16.3. The van der Waals surface area contributed by atoms with Crippen molar-refractivity contribution in [3.8, 4) is 0 Å². The molecule has 128 valence electrons. The molecule has 2 aliphatic carbocycles. The van der Waals surface area contributed by atoms with E-state index in [4.69, 9.17) is 4.42 Å². The van der Waals surface area contributed by atoms with E-state index in [1.165, 1.54) is 12.8 Å². The van der Waals surface area contributed by atoms with Crippen LogP contribution in [0, 0.1) is 11.8 Å². The largest absolute Gasteiger partial charge is 0.467 e. The Morgan fingerprint density at radius 3 is 2.84 bits per heavy atom. The Morgan fingerprint density at radius 1 is 1.24 bits per heavy atom. The molecule has 1 aliphatic heterocycles. The van der Waals surface area contributed by atoms with E-state index in [-0.39, 0.29) is 17.7 Å². The summed E-state index contributed by atoms with van der Waals surface area (Å²) in [7, 11) is 0. The summed E-state index contributed by atoms with van der Waals surface area (Å²) in [6.07, 6.45) is 4.60. The van der Waals surface area contributed by atoms with Crippen LogP contribution in [0.2, 0.25) is 0 Å². The van der Waals surface area contributed by atoms with Crippen molar-refractivity contribution in [2.24, 2.45) is 11.8 Å². The predicted molar refractivity (Wildman–Crippen MR) is 91.9 cm³/mol. The molecule has 2 saturated carbocycles. The van der Waals surface area contributed by atoms with Crippen LogP contribution in [0.3, 0.4) is 0 Å². The van der Waals surface area contributed by atoms with Crippen LogP contribution >= 0.6 is 0 Å². The molecule has 1 aromatic carbocycles. The molecule has 0 radical (unpaired) electrons. The van der Waals surface area contributed by atoms with E-state index >= 15 is 0 Å². The Bertz CT molecular complexity index is 840. The van der Waals surface area contributed by atoms with Crippen LogP contribution < -0.4 is 10.2 Å². The number of fused-ring (bicyclic) bond motifs is 2. The zero-order chi connectivity index (χ0) is 17.0. The number of benzene rings is 1. The van der Waals surface area contributed by atoms with Crippen LogP contribution in [-0.2, 0) is 21.5 Å². The first kappa shape index (κ1) is 14.8. The quantitative estimate of drug-likeness (QED) is 0.913. The maximum absolute atomic E-state index is 13.2. The lowest BCUT2D eigenvalue weighted by molar-refractivity contribution is -0.126. The summed E-state index contributed by atoms with van der Waals surface area (Å²) < 4.78 is 5.26. The van der Waals surface area contributed by atoms with Crippen molar-refractivity contribution in [1.82, 2.24) is 5.32 Å². The molecule has 2 fully saturated rings. The van der Waals surface area contributed by atoms with Gasteiger partial charge in [-0.2, -0.15) is 0 Å². The topological polar surface area (TPSA) is 62.6 Å². The van der Waals surface area contributed by atoms with Gasteiger partial charge in [-0.15, -0.1) is 0 Å². The second-order valence-electron chi connectivity index (χ2n) is 7.40. The van der Waals surface area contributed by atoms with E-state index in [0.29, 0.717) is 18.9 Å². The van der Waals surface area contributed by atoms with Gasteiger partial charge in [0.15, 0.2) is 0 Å². The molecule has 5 rings (SSSR count). The average molecular weight is 336 g/mol. The smallest absolute Gasteiger partial charge is 0.238 e. The fraction of sp³-hybridized carbons (Fsp3) is 0.400. The highest BCUT2D eigenvalue weighted by molar-refractivity contribution is 6.14. The van der Waals surface area contributed by atoms with Crippen LogP contribution in [0.4, 0.5) is 5.69 Å². The standard InChI is InChI=1S/C20H20N2O3/c23-18(21-11-14-4-3-9-25-14)16-10-20(16)15-5-1-2-6-17(15)22(19(20)24)12-13-7-8-13/h1-6,9,13,16H,7-8,10-12H2,(H,21,23)/t16-,20+/m0/s1. The number of amides is 2. The monoisotopic (exact) mass is 336 g/mol. The Labute approximate surface area is 146 Å². The SMILES string of the molecule is O=C(NCc1ccco1)[C@@H]1C[C@]12C(=O)N(CC1CC1)c1ccccc12. The number of hydrogen-bond acceptors (Lipinski definition) is 3. The summed E-state index contributed by atoms with van der Waals surface area (Å²) in [6.45, 7) is 1.15. The minimum absolute atomic E-state index is 0.0622. The van der Waals surface area contributed by atoms with Gasteiger partial charge in [0.2, 0.25) is 11.8 Å². The van der Waals surface area contributed by atoms with E-state index in [1.54, 1.807) is 12.3 Å². The van der Waals surface area contributed by atoms with Gasteiger partial charge in [-0.25, -0.2) is 0 Å².